The quantitative estimate of drug-likeness (QED) is 0.425. The molecule has 3 atom stereocenters. The van der Waals surface area contributed by atoms with Crippen LogP contribution >= 0.6 is 0 Å². The molecule has 88 valence electrons. The summed E-state index contributed by atoms with van der Waals surface area (Å²) < 4.78 is 0. The van der Waals surface area contributed by atoms with E-state index in [4.69, 9.17) is 5.11 Å². The number of anilines is 1. The molecule has 0 amide bonds. The van der Waals surface area contributed by atoms with E-state index in [1.807, 2.05) is 30.3 Å². The molecular weight excluding hydrogens is 208 g/mol. The number of para-hydroxylation sites is 1. The molecule has 0 aliphatic carbocycles. The first-order chi connectivity index (χ1) is 7.61. The minimum absolute atomic E-state index is 0.775. The number of aliphatic hydroxyl groups is 3. The summed E-state index contributed by atoms with van der Waals surface area (Å²) in [7, 11) is 0. The summed E-state index contributed by atoms with van der Waals surface area (Å²) in [5.74, 6) is 0. The van der Waals surface area contributed by atoms with Crippen molar-refractivity contribution in [3.05, 3.63) is 30.3 Å². The zero-order chi connectivity index (χ0) is 12.0. The second-order valence-corrected chi connectivity index (χ2v) is 3.48. The highest BCUT2D eigenvalue weighted by molar-refractivity contribution is 5.65. The lowest BCUT2D eigenvalue weighted by molar-refractivity contribution is -0.0240. The van der Waals surface area contributed by atoms with Crippen molar-refractivity contribution in [3.63, 3.8) is 0 Å². The maximum atomic E-state index is 9.37. The largest absolute Gasteiger partial charge is 0.391 e. The fraction of sp³-hybridized carbons (Fsp3) is 0.364. The maximum Gasteiger partial charge on any atom is 0.119 e. The summed E-state index contributed by atoms with van der Waals surface area (Å²) >= 11 is 0. The Morgan fingerprint density at radius 1 is 1.19 bits per heavy atom. The minimum atomic E-state index is -1.23. The van der Waals surface area contributed by atoms with Crippen molar-refractivity contribution in [2.75, 3.05) is 5.43 Å². The first-order valence-electron chi connectivity index (χ1n) is 4.99. The Balaban J connectivity index is 2.43. The zero-order valence-electron chi connectivity index (χ0n) is 8.99. The maximum absolute atomic E-state index is 9.37. The summed E-state index contributed by atoms with van der Waals surface area (Å²) in [6, 6.07) is 9.20. The Morgan fingerprint density at radius 3 is 2.38 bits per heavy atom. The molecule has 1 aromatic carbocycles. The number of hydrogen-bond acceptors (Lipinski definition) is 5. The van der Waals surface area contributed by atoms with Crippen molar-refractivity contribution in [2.45, 2.75) is 25.2 Å². The fourth-order valence-corrected chi connectivity index (χ4v) is 1.07. The Labute approximate surface area is 94.1 Å². The van der Waals surface area contributed by atoms with Gasteiger partial charge in [-0.05, 0) is 19.1 Å². The smallest absolute Gasteiger partial charge is 0.119 e. The number of nitrogens with one attached hydrogen (secondary N) is 1. The van der Waals surface area contributed by atoms with Gasteiger partial charge in [0.1, 0.15) is 12.2 Å². The predicted octanol–water partition coefficient (Wildman–Crippen LogP) is 0.187. The lowest BCUT2D eigenvalue weighted by Gasteiger charge is -2.16. The van der Waals surface area contributed by atoms with Crippen LogP contribution < -0.4 is 5.43 Å². The van der Waals surface area contributed by atoms with Gasteiger partial charge >= 0.3 is 0 Å². The standard InChI is InChI=1S/C11H16N2O3/c1-8(14)11(16)10(15)7-12-13-9-5-3-2-4-6-9/h2-8,10-11,13-16H,1H3/b12-7+/t8-,10-,11-/m1/s1. The van der Waals surface area contributed by atoms with Crippen molar-refractivity contribution in [1.29, 1.82) is 0 Å². The fourth-order valence-electron chi connectivity index (χ4n) is 1.07. The third-order valence-electron chi connectivity index (χ3n) is 2.04. The van der Waals surface area contributed by atoms with Gasteiger partial charge in [0, 0.05) is 0 Å². The third kappa shape index (κ3) is 3.98. The predicted molar refractivity (Wildman–Crippen MR) is 62.3 cm³/mol. The second kappa shape index (κ2) is 6.22. The molecule has 1 aromatic rings. The van der Waals surface area contributed by atoms with E-state index in [1.54, 1.807) is 0 Å². The van der Waals surface area contributed by atoms with E-state index in [0.717, 1.165) is 11.9 Å². The molecule has 0 radical (unpaired) electrons. The molecule has 0 bridgehead atoms. The normalized spacial score (nSPS) is 17.0. The average molecular weight is 224 g/mol. The van der Waals surface area contributed by atoms with E-state index in [9.17, 15) is 10.2 Å². The molecule has 5 nitrogen and oxygen atoms in total. The second-order valence-electron chi connectivity index (χ2n) is 3.48. The van der Waals surface area contributed by atoms with Crippen LogP contribution in [-0.4, -0.2) is 39.8 Å². The number of aliphatic hydroxyl groups excluding tert-OH is 3. The molecule has 4 N–H and O–H groups in total. The summed E-state index contributed by atoms with van der Waals surface area (Å²) in [6.45, 7) is 1.40. The van der Waals surface area contributed by atoms with E-state index in [1.165, 1.54) is 6.92 Å². The molecule has 0 unspecified atom stereocenters. The van der Waals surface area contributed by atoms with Crippen molar-refractivity contribution >= 4 is 11.9 Å². The van der Waals surface area contributed by atoms with Gasteiger partial charge in [-0.3, -0.25) is 5.43 Å². The topological polar surface area (TPSA) is 85.1 Å². The van der Waals surface area contributed by atoms with Crippen LogP contribution in [-0.2, 0) is 0 Å². The van der Waals surface area contributed by atoms with Gasteiger partial charge in [-0.15, -0.1) is 0 Å². The van der Waals surface area contributed by atoms with Crippen LogP contribution in [0.2, 0.25) is 0 Å². The SMILES string of the molecule is C[C@@H](O)[C@@H](O)[C@H](O)/C=N/Nc1ccccc1. The van der Waals surface area contributed by atoms with Crippen LogP contribution in [0.4, 0.5) is 5.69 Å². The average Bonchev–Trinajstić information content (AvgIpc) is 2.29. The van der Waals surface area contributed by atoms with Gasteiger partial charge in [-0.1, -0.05) is 18.2 Å². The molecular formula is C11H16N2O3. The van der Waals surface area contributed by atoms with Crippen molar-refractivity contribution in [2.24, 2.45) is 5.10 Å². The molecule has 0 fully saturated rings. The van der Waals surface area contributed by atoms with Crippen LogP contribution in [0.25, 0.3) is 0 Å². The summed E-state index contributed by atoms with van der Waals surface area (Å²) in [5.41, 5.74) is 3.46. The van der Waals surface area contributed by atoms with E-state index in [2.05, 4.69) is 10.5 Å². The van der Waals surface area contributed by atoms with Gasteiger partial charge in [-0.25, -0.2) is 0 Å². The highest BCUT2D eigenvalue weighted by atomic mass is 16.4. The van der Waals surface area contributed by atoms with E-state index in [-0.39, 0.29) is 0 Å². The van der Waals surface area contributed by atoms with Gasteiger partial charge in [-0.2, -0.15) is 5.10 Å². The van der Waals surface area contributed by atoms with Crippen LogP contribution in [0.1, 0.15) is 6.92 Å². The Hall–Kier alpha value is -1.43. The Morgan fingerprint density at radius 2 is 1.81 bits per heavy atom. The Bertz CT molecular complexity index is 327. The molecule has 0 aliphatic rings. The number of hydrazone groups is 1. The number of rotatable bonds is 5. The molecule has 0 aromatic heterocycles. The van der Waals surface area contributed by atoms with Gasteiger partial charge in [0.2, 0.25) is 0 Å². The van der Waals surface area contributed by atoms with Gasteiger partial charge in [0.15, 0.2) is 0 Å². The van der Waals surface area contributed by atoms with E-state index in [0.29, 0.717) is 0 Å². The molecule has 16 heavy (non-hydrogen) atoms. The molecule has 1 rings (SSSR count). The van der Waals surface area contributed by atoms with Crippen molar-refractivity contribution in [1.82, 2.24) is 0 Å². The van der Waals surface area contributed by atoms with Crippen LogP contribution in [0.3, 0.4) is 0 Å². The van der Waals surface area contributed by atoms with Crippen molar-refractivity contribution in [3.8, 4) is 0 Å². The molecule has 0 heterocycles. The number of nitrogens with zero attached hydrogens (tertiary/aromatic N) is 1. The highest BCUT2D eigenvalue weighted by Crippen LogP contribution is 2.04. The molecule has 0 saturated heterocycles. The first kappa shape index (κ1) is 12.6. The van der Waals surface area contributed by atoms with E-state index >= 15 is 0 Å². The van der Waals surface area contributed by atoms with Gasteiger partial charge < -0.3 is 15.3 Å². The Kier molecular flexibility index (Phi) is 4.91. The first-order valence-corrected chi connectivity index (χ1v) is 4.99. The van der Waals surface area contributed by atoms with Crippen LogP contribution in [0, 0.1) is 0 Å². The number of hydrogen-bond donors (Lipinski definition) is 4. The third-order valence-corrected chi connectivity index (χ3v) is 2.04. The van der Waals surface area contributed by atoms with Gasteiger partial charge in [0.25, 0.3) is 0 Å². The van der Waals surface area contributed by atoms with Gasteiger partial charge in [0.05, 0.1) is 18.0 Å². The molecule has 0 spiro atoms. The highest BCUT2D eigenvalue weighted by Gasteiger charge is 2.18. The molecule has 0 aliphatic heterocycles. The monoisotopic (exact) mass is 224 g/mol. The summed E-state index contributed by atoms with van der Waals surface area (Å²) in [5, 5.41) is 31.4. The van der Waals surface area contributed by atoms with E-state index < -0.39 is 18.3 Å². The van der Waals surface area contributed by atoms with Crippen LogP contribution in [0.5, 0.6) is 0 Å². The zero-order valence-corrected chi connectivity index (χ0v) is 8.99. The summed E-state index contributed by atoms with van der Waals surface area (Å²) in [4.78, 5) is 0. The lowest BCUT2D eigenvalue weighted by Crippen LogP contribution is -2.36. The minimum Gasteiger partial charge on any atom is -0.391 e. The number of benzene rings is 1. The lowest BCUT2D eigenvalue weighted by atomic mass is 10.1. The van der Waals surface area contributed by atoms with Crippen molar-refractivity contribution < 1.29 is 15.3 Å². The van der Waals surface area contributed by atoms with Crippen LogP contribution in [0.15, 0.2) is 35.4 Å². The summed E-state index contributed by atoms with van der Waals surface area (Å²) in [6.07, 6.45) is -2.29. The molecule has 0 saturated carbocycles. The molecule has 5 heteroatoms.